The third-order valence-electron chi connectivity index (χ3n) is 3.29. The summed E-state index contributed by atoms with van der Waals surface area (Å²) in [5.74, 6) is 0. The van der Waals surface area contributed by atoms with Crippen LogP contribution in [-0.2, 0) is 12.1 Å². The second-order valence-corrected chi connectivity index (χ2v) is 5.94. The predicted molar refractivity (Wildman–Crippen MR) is 75.4 cm³/mol. The molecule has 0 saturated carbocycles. The number of rotatable bonds is 4. The summed E-state index contributed by atoms with van der Waals surface area (Å²) in [6, 6.07) is 0. The summed E-state index contributed by atoms with van der Waals surface area (Å²) in [5.41, 5.74) is 0.000175. The van der Waals surface area contributed by atoms with Crippen LogP contribution in [0.2, 0.25) is 0 Å². The Labute approximate surface area is 116 Å². The molecular weight excluding hydrogens is 294 g/mol. The van der Waals surface area contributed by atoms with Gasteiger partial charge in [0.05, 0.1) is 22.9 Å². The van der Waals surface area contributed by atoms with Gasteiger partial charge >= 0.3 is 0 Å². The number of allylic oxidation sites excluding steroid dienone is 1. The summed E-state index contributed by atoms with van der Waals surface area (Å²) in [4.78, 5) is 2.11. The average Bonchev–Trinajstić information content (AvgIpc) is 2.69. The fraction of sp³-hybridized carbons (Fsp3) is 0.615. The molecule has 0 amide bonds. The lowest BCUT2D eigenvalue weighted by molar-refractivity contribution is 0.0616. The van der Waals surface area contributed by atoms with E-state index in [2.05, 4.69) is 32.0 Å². The van der Waals surface area contributed by atoms with Crippen LogP contribution in [0.3, 0.4) is 0 Å². The number of likely N-dealkylation sites (N-methyl/N-ethyl adjacent to an activating group) is 1. The molecule has 0 bridgehead atoms. The number of halogens is 1. The summed E-state index contributed by atoms with van der Waals surface area (Å²) in [7, 11) is 4.07. The van der Waals surface area contributed by atoms with E-state index in [1.165, 1.54) is 0 Å². The van der Waals surface area contributed by atoms with Gasteiger partial charge in [0.25, 0.3) is 0 Å². The highest BCUT2D eigenvalue weighted by molar-refractivity contribution is 9.10. The molecule has 0 aliphatic heterocycles. The zero-order valence-electron chi connectivity index (χ0n) is 10.9. The third-order valence-corrected chi connectivity index (χ3v) is 3.87. The molecule has 0 aromatic carbocycles. The Bertz CT molecular complexity index is 441. The van der Waals surface area contributed by atoms with E-state index in [-0.39, 0.29) is 0 Å². The van der Waals surface area contributed by atoms with E-state index in [0.29, 0.717) is 0 Å². The first-order chi connectivity index (χ1) is 8.53. The minimum atomic E-state index is -0.875. The van der Waals surface area contributed by atoms with Gasteiger partial charge in [-0.3, -0.25) is 4.68 Å². The van der Waals surface area contributed by atoms with Gasteiger partial charge in [-0.05, 0) is 49.3 Å². The minimum absolute atomic E-state index is 0.760. The van der Waals surface area contributed by atoms with E-state index in [0.717, 1.165) is 42.5 Å². The first-order valence-electron chi connectivity index (χ1n) is 6.29. The van der Waals surface area contributed by atoms with E-state index in [1.807, 2.05) is 24.9 Å². The van der Waals surface area contributed by atoms with Crippen LogP contribution < -0.4 is 0 Å². The van der Waals surface area contributed by atoms with Crippen molar-refractivity contribution >= 4 is 15.9 Å². The monoisotopic (exact) mass is 313 g/mol. The summed E-state index contributed by atoms with van der Waals surface area (Å²) in [6.45, 7) is 1.69. The van der Waals surface area contributed by atoms with Crippen LogP contribution in [0.1, 0.15) is 25.0 Å². The highest BCUT2D eigenvalue weighted by Gasteiger charge is 2.33. The summed E-state index contributed by atoms with van der Waals surface area (Å²) in [6.07, 6.45) is 8.55. The maximum atomic E-state index is 10.8. The molecule has 0 radical (unpaired) electrons. The highest BCUT2D eigenvalue weighted by atomic mass is 79.9. The molecular formula is C13H20BrN3O. The standard InChI is InChI=1S/C13H20BrN3O/c1-16(2)8-9-17-12(11(14)10-15-17)13(18)6-4-3-5-7-13/h4,6,10,18H,3,5,7-9H2,1-2H3. The molecule has 2 rings (SSSR count). The van der Waals surface area contributed by atoms with Crippen molar-refractivity contribution in [2.45, 2.75) is 31.4 Å². The Morgan fingerprint density at radius 1 is 1.56 bits per heavy atom. The molecule has 1 aromatic rings. The fourth-order valence-corrected chi connectivity index (χ4v) is 2.95. The van der Waals surface area contributed by atoms with Gasteiger partial charge in [-0.25, -0.2) is 0 Å². The molecule has 5 heteroatoms. The Balaban J connectivity index is 2.28. The number of aliphatic hydroxyl groups is 1. The number of hydrogen-bond donors (Lipinski definition) is 1. The molecule has 18 heavy (non-hydrogen) atoms. The van der Waals surface area contributed by atoms with Gasteiger partial charge in [0.2, 0.25) is 0 Å². The summed E-state index contributed by atoms with van der Waals surface area (Å²) >= 11 is 3.50. The number of hydrogen-bond acceptors (Lipinski definition) is 3. The third kappa shape index (κ3) is 2.84. The lowest BCUT2D eigenvalue weighted by Gasteiger charge is -2.29. The van der Waals surface area contributed by atoms with E-state index in [9.17, 15) is 5.11 Å². The molecule has 4 nitrogen and oxygen atoms in total. The number of nitrogens with zero attached hydrogens (tertiary/aromatic N) is 3. The van der Waals surface area contributed by atoms with Crippen LogP contribution in [0.25, 0.3) is 0 Å². The highest BCUT2D eigenvalue weighted by Crippen LogP contribution is 2.36. The molecule has 1 heterocycles. The Morgan fingerprint density at radius 2 is 2.33 bits per heavy atom. The van der Waals surface area contributed by atoms with Gasteiger partial charge in [0.1, 0.15) is 5.60 Å². The first kappa shape index (κ1) is 13.8. The van der Waals surface area contributed by atoms with Crippen LogP contribution in [-0.4, -0.2) is 40.4 Å². The second-order valence-electron chi connectivity index (χ2n) is 5.09. The van der Waals surface area contributed by atoms with Gasteiger partial charge in [0.15, 0.2) is 0 Å². The largest absolute Gasteiger partial charge is 0.379 e. The molecule has 1 unspecified atom stereocenters. The smallest absolute Gasteiger partial charge is 0.125 e. The first-order valence-corrected chi connectivity index (χ1v) is 7.09. The Kier molecular flexibility index (Phi) is 4.25. The average molecular weight is 314 g/mol. The quantitative estimate of drug-likeness (QED) is 0.866. The van der Waals surface area contributed by atoms with Crippen molar-refractivity contribution in [3.05, 3.63) is 28.5 Å². The lowest BCUT2D eigenvalue weighted by Crippen LogP contribution is -2.30. The molecule has 0 fully saturated rings. The van der Waals surface area contributed by atoms with Crippen molar-refractivity contribution < 1.29 is 5.11 Å². The van der Waals surface area contributed by atoms with E-state index >= 15 is 0 Å². The van der Waals surface area contributed by atoms with Crippen LogP contribution >= 0.6 is 15.9 Å². The van der Waals surface area contributed by atoms with Crippen molar-refractivity contribution in [3.63, 3.8) is 0 Å². The molecule has 0 saturated heterocycles. The van der Waals surface area contributed by atoms with Crippen LogP contribution in [0.4, 0.5) is 0 Å². The maximum absolute atomic E-state index is 10.8. The Morgan fingerprint density at radius 3 is 2.94 bits per heavy atom. The van der Waals surface area contributed by atoms with Crippen molar-refractivity contribution in [1.82, 2.24) is 14.7 Å². The molecule has 1 atom stereocenters. The van der Waals surface area contributed by atoms with Crippen molar-refractivity contribution in [2.24, 2.45) is 0 Å². The van der Waals surface area contributed by atoms with Gasteiger partial charge in [-0.15, -0.1) is 0 Å². The molecule has 1 aliphatic rings. The molecule has 1 N–H and O–H groups in total. The molecule has 0 spiro atoms. The van der Waals surface area contributed by atoms with E-state index in [1.54, 1.807) is 6.20 Å². The van der Waals surface area contributed by atoms with Crippen LogP contribution in [0.5, 0.6) is 0 Å². The molecule has 1 aromatic heterocycles. The van der Waals surface area contributed by atoms with Gasteiger partial charge in [-0.2, -0.15) is 5.10 Å². The summed E-state index contributed by atoms with van der Waals surface area (Å²) in [5, 5.41) is 15.1. The topological polar surface area (TPSA) is 41.3 Å². The van der Waals surface area contributed by atoms with Crippen molar-refractivity contribution in [2.75, 3.05) is 20.6 Å². The van der Waals surface area contributed by atoms with Gasteiger partial charge in [-0.1, -0.05) is 12.2 Å². The minimum Gasteiger partial charge on any atom is -0.379 e. The van der Waals surface area contributed by atoms with E-state index < -0.39 is 5.60 Å². The zero-order valence-corrected chi connectivity index (χ0v) is 12.5. The normalized spacial score (nSPS) is 23.8. The van der Waals surface area contributed by atoms with Crippen molar-refractivity contribution in [3.8, 4) is 0 Å². The van der Waals surface area contributed by atoms with E-state index in [4.69, 9.17) is 0 Å². The SMILES string of the molecule is CN(C)CCn1ncc(Br)c1C1(O)C=CCCC1. The fourth-order valence-electron chi connectivity index (χ4n) is 2.31. The zero-order chi connectivity index (χ0) is 13.2. The van der Waals surface area contributed by atoms with Crippen LogP contribution in [0.15, 0.2) is 22.8 Å². The number of aromatic nitrogens is 2. The summed E-state index contributed by atoms with van der Waals surface area (Å²) < 4.78 is 2.79. The second kappa shape index (κ2) is 5.55. The predicted octanol–water partition coefficient (Wildman–Crippen LogP) is 2.13. The van der Waals surface area contributed by atoms with Crippen LogP contribution in [0, 0.1) is 0 Å². The molecule has 1 aliphatic carbocycles. The molecule has 100 valence electrons. The van der Waals surface area contributed by atoms with Gasteiger partial charge < -0.3 is 10.0 Å². The maximum Gasteiger partial charge on any atom is 0.125 e. The Hall–Kier alpha value is -0.650. The van der Waals surface area contributed by atoms with Crippen molar-refractivity contribution in [1.29, 1.82) is 0 Å². The lowest BCUT2D eigenvalue weighted by atomic mass is 9.88. The van der Waals surface area contributed by atoms with Gasteiger partial charge in [0, 0.05) is 6.54 Å².